The highest BCUT2D eigenvalue weighted by Crippen LogP contribution is 2.40. The van der Waals surface area contributed by atoms with E-state index in [-0.39, 0.29) is 5.69 Å². The number of hydrogen-bond acceptors (Lipinski definition) is 4. The zero-order valence-electron chi connectivity index (χ0n) is 11.4. The summed E-state index contributed by atoms with van der Waals surface area (Å²) in [5, 5.41) is 10.8. The number of allylic oxidation sites excluding steroid dienone is 2. The first kappa shape index (κ1) is 14.3. The van der Waals surface area contributed by atoms with Gasteiger partial charge < -0.3 is 0 Å². The Balaban J connectivity index is 2.03. The van der Waals surface area contributed by atoms with E-state index in [4.69, 9.17) is 0 Å². The first-order valence-corrected chi connectivity index (χ1v) is 7.40. The molecule has 1 heterocycles. The summed E-state index contributed by atoms with van der Waals surface area (Å²) in [7, 11) is 0. The van der Waals surface area contributed by atoms with Crippen LogP contribution in [0.4, 0.5) is 5.69 Å². The minimum atomic E-state index is -0.412. The molecule has 2 aromatic carbocycles. The van der Waals surface area contributed by atoms with E-state index in [1.54, 1.807) is 18.2 Å². The zero-order valence-corrected chi connectivity index (χ0v) is 12.2. The zero-order chi connectivity index (χ0) is 15.5. The number of aldehydes is 1. The molecule has 22 heavy (non-hydrogen) atoms. The highest BCUT2D eigenvalue weighted by molar-refractivity contribution is 8.03. The molecule has 5 heteroatoms. The number of carbonyl (C=O) groups is 1. The highest BCUT2D eigenvalue weighted by atomic mass is 32.2. The van der Waals surface area contributed by atoms with E-state index in [1.165, 1.54) is 17.8 Å². The fourth-order valence-corrected chi connectivity index (χ4v) is 3.25. The summed E-state index contributed by atoms with van der Waals surface area (Å²) < 4.78 is 0. The van der Waals surface area contributed by atoms with E-state index >= 15 is 0 Å². The predicted octanol–water partition coefficient (Wildman–Crippen LogP) is 4.32. The molecule has 0 atom stereocenters. The largest absolute Gasteiger partial charge is 0.298 e. The van der Waals surface area contributed by atoms with Gasteiger partial charge in [0, 0.05) is 27.5 Å². The summed E-state index contributed by atoms with van der Waals surface area (Å²) in [5.41, 5.74) is 2.33. The molecule has 1 aliphatic heterocycles. The maximum atomic E-state index is 11.5. The van der Waals surface area contributed by atoms with Gasteiger partial charge >= 0.3 is 0 Å². The molecular weight excluding hydrogens is 298 g/mol. The predicted molar refractivity (Wildman–Crippen MR) is 87.4 cm³/mol. The third kappa shape index (κ3) is 2.71. The summed E-state index contributed by atoms with van der Waals surface area (Å²) in [5.74, 6) is 0. The normalized spacial score (nSPS) is 15.1. The van der Waals surface area contributed by atoms with Crippen LogP contribution < -0.4 is 0 Å². The lowest BCUT2D eigenvalue weighted by atomic mass is 10.1. The third-order valence-electron chi connectivity index (χ3n) is 3.31. The summed E-state index contributed by atoms with van der Waals surface area (Å²) in [6, 6.07) is 14.2. The second-order valence-electron chi connectivity index (χ2n) is 4.68. The van der Waals surface area contributed by atoms with Crippen molar-refractivity contribution in [2.24, 2.45) is 0 Å². The van der Waals surface area contributed by atoms with Gasteiger partial charge in [0.1, 0.15) is 0 Å². The van der Waals surface area contributed by atoms with E-state index in [2.05, 4.69) is 0 Å². The fraction of sp³-hybridized carbons (Fsp3) is 0. The van der Waals surface area contributed by atoms with Crippen molar-refractivity contribution >= 4 is 35.4 Å². The molecule has 0 saturated carbocycles. The Morgan fingerprint density at radius 1 is 1.09 bits per heavy atom. The molecule has 0 radical (unpaired) electrons. The smallest absolute Gasteiger partial charge is 0.270 e. The van der Waals surface area contributed by atoms with Crippen molar-refractivity contribution < 1.29 is 9.72 Å². The van der Waals surface area contributed by atoms with Gasteiger partial charge in [-0.25, -0.2) is 0 Å². The van der Waals surface area contributed by atoms with Crippen LogP contribution in [0.15, 0.2) is 64.4 Å². The standard InChI is InChI=1S/C17H11NO3S/c19-11-15(12-4-2-1-3-5-12)17-8-6-13-10-14(18(20)21)7-9-16(13)22-17/h1-11H/b17-15-. The lowest BCUT2D eigenvalue weighted by Crippen LogP contribution is -1.95. The molecule has 1 aliphatic rings. The second-order valence-corrected chi connectivity index (χ2v) is 5.76. The van der Waals surface area contributed by atoms with Crippen molar-refractivity contribution in [1.29, 1.82) is 0 Å². The topological polar surface area (TPSA) is 60.2 Å². The molecule has 0 bridgehead atoms. The van der Waals surface area contributed by atoms with Crippen molar-refractivity contribution in [1.82, 2.24) is 0 Å². The number of nitro groups is 1. The maximum Gasteiger partial charge on any atom is 0.270 e. The SMILES string of the molecule is O=C/C(=C1\C=Cc2cc([N+](=O)[O-])ccc2S1)c1ccccc1. The van der Waals surface area contributed by atoms with Gasteiger partial charge in [0.05, 0.1) is 4.92 Å². The van der Waals surface area contributed by atoms with Gasteiger partial charge in [-0.1, -0.05) is 48.2 Å². The van der Waals surface area contributed by atoms with E-state index < -0.39 is 4.92 Å². The number of carbonyl (C=O) groups excluding carboxylic acids is 1. The number of fused-ring (bicyclic) bond motifs is 1. The quantitative estimate of drug-likeness (QED) is 0.366. The maximum absolute atomic E-state index is 11.5. The van der Waals surface area contributed by atoms with Crippen LogP contribution in [0, 0.1) is 10.1 Å². The van der Waals surface area contributed by atoms with Crippen molar-refractivity contribution in [3.63, 3.8) is 0 Å². The molecule has 0 saturated heterocycles. The van der Waals surface area contributed by atoms with Crippen molar-refractivity contribution in [2.45, 2.75) is 4.90 Å². The number of thioether (sulfide) groups is 1. The van der Waals surface area contributed by atoms with Crippen LogP contribution in [-0.4, -0.2) is 11.2 Å². The Morgan fingerprint density at radius 3 is 2.55 bits per heavy atom. The average Bonchev–Trinajstić information content (AvgIpc) is 2.56. The summed E-state index contributed by atoms with van der Waals surface area (Å²) >= 11 is 1.44. The van der Waals surface area contributed by atoms with Crippen molar-refractivity contribution in [3.8, 4) is 0 Å². The van der Waals surface area contributed by atoms with Gasteiger partial charge in [0.2, 0.25) is 0 Å². The molecule has 0 fully saturated rings. The summed E-state index contributed by atoms with van der Waals surface area (Å²) in [6.07, 6.45) is 4.48. The van der Waals surface area contributed by atoms with Crippen molar-refractivity contribution in [3.05, 3.63) is 80.8 Å². The van der Waals surface area contributed by atoms with Gasteiger partial charge in [-0.2, -0.15) is 0 Å². The van der Waals surface area contributed by atoms with Gasteiger partial charge in [0.25, 0.3) is 5.69 Å². The van der Waals surface area contributed by atoms with Crippen LogP contribution in [-0.2, 0) is 4.79 Å². The molecule has 0 unspecified atom stereocenters. The van der Waals surface area contributed by atoms with Crippen LogP contribution in [0.5, 0.6) is 0 Å². The Bertz CT molecular complexity index is 810. The van der Waals surface area contributed by atoms with Crippen LogP contribution in [0.25, 0.3) is 11.6 Å². The minimum absolute atomic E-state index is 0.0649. The monoisotopic (exact) mass is 309 g/mol. The molecule has 4 nitrogen and oxygen atoms in total. The molecule has 0 aromatic heterocycles. The van der Waals surface area contributed by atoms with Crippen molar-refractivity contribution in [2.75, 3.05) is 0 Å². The Labute approximate surface area is 131 Å². The van der Waals surface area contributed by atoms with Gasteiger partial charge in [-0.05, 0) is 23.3 Å². The molecule has 0 spiro atoms. The lowest BCUT2D eigenvalue weighted by molar-refractivity contribution is -0.384. The Hall–Kier alpha value is -2.66. The van der Waals surface area contributed by atoms with E-state index in [1.807, 2.05) is 36.4 Å². The van der Waals surface area contributed by atoms with E-state index in [0.717, 1.165) is 27.2 Å². The Kier molecular flexibility index (Phi) is 3.89. The van der Waals surface area contributed by atoms with E-state index in [9.17, 15) is 14.9 Å². The molecule has 108 valence electrons. The lowest BCUT2D eigenvalue weighted by Gasteiger charge is -2.14. The number of nitrogens with zero attached hydrogens (tertiary/aromatic N) is 1. The third-order valence-corrected chi connectivity index (χ3v) is 4.47. The van der Waals surface area contributed by atoms with E-state index in [0.29, 0.717) is 5.57 Å². The fourth-order valence-electron chi connectivity index (χ4n) is 2.22. The molecule has 3 rings (SSSR count). The number of non-ortho nitro benzene ring substituents is 1. The number of hydrogen-bond donors (Lipinski definition) is 0. The van der Waals surface area contributed by atoms with Crippen LogP contribution in [0.3, 0.4) is 0 Å². The second kappa shape index (κ2) is 5.99. The van der Waals surface area contributed by atoms with Crippen LogP contribution in [0.1, 0.15) is 11.1 Å². The first-order chi connectivity index (χ1) is 10.7. The molecule has 0 amide bonds. The summed E-state index contributed by atoms with van der Waals surface area (Å²) in [4.78, 5) is 23.6. The Morgan fingerprint density at radius 2 is 1.86 bits per heavy atom. The number of rotatable bonds is 3. The summed E-state index contributed by atoms with van der Waals surface area (Å²) in [6.45, 7) is 0. The number of nitro benzene ring substituents is 1. The number of benzene rings is 2. The molecule has 2 aromatic rings. The molecular formula is C17H11NO3S. The van der Waals surface area contributed by atoms with Gasteiger partial charge in [0.15, 0.2) is 6.29 Å². The molecule has 0 N–H and O–H groups in total. The van der Waals surface area contributed by atoms with Gasteiger partial charge in [-0.3, -0.25) is 14.9 Å². The van der Waals surface area contributed by atoms with Crippen LogP contribution in [0.2, 0.25) is 0 Å². The van der Waals surface area contributed by atoms with Gasteiger partial charge in [-0.15, -0.1) is 0 Å². The molecule has 0 aliphatic carbocycles. The highest BCUT2D eigenvalue weighted by Gasteiger charge is 2.16. The minimum Gasteiger partial charge on any atom is -0.298 e. The van der Waals surface area contributed by atoms with Crippen LogP contribution >= 0.6 is 11.8 Å². The average molecular weight is 309 g/mol. The first-order valence-electron chi connectivity index (χ1n) is 6.58.